The minimum atomic E-state index is -1.32. The Labute approximate surface area is 162 Å². The lowest BCUT2D eigenvalue weighted by Crippen LogP contribution is -2.48. The molecule has 9 heteroatoms. The zero-order chi connectivity index (χ0) is 21.0. The largest absolute Gasteiger partial charge is 0.453 e. The third kappa shape index (κ3) is 4.36. The molecule has 1 aliphatic rings. The molecule has 1 aliphatic heterocycles. The summed E-state index contributed by atoms with van der Waals surface area (Å²) in [6, 6.07) is 5.09. The van der Waals surface area contributed by atoms with Crippen molar-refractivity contribution in [2.24, 2.45) is 5.92 Å². The van der Waals surface area contributed by atoms with Gasteiger partial charge in [0.05, 0.1) is 18.2 Å². The van der Waals surface area contributed by atoms with E-state index in [0.29, 0.717) is 0 Å². The summed E-state index contributed by atoms with van der Waals surface area (Å²) in [5.41, 5.74) is 0.427. The quantitative estimate of drug-likeness (QED) is 0.577. The first-order chi connectivity index (χ1) is 13.2. The monoisotopic (exact) mass is 390 g/mol. The summed E-state index contributed by atoms with van der Waals surface area (Å²) in [5, 5.41) is 1.89. The van der Waals surface area contributed by atoms with Crippen molar-refractivity contribution >= 4 is 29.8 Å². The fourth-order valence-electron chi connectivity index (χ4n) is 2.80. The molecule has 1 N–H and O–H groups in total. The summed E-state index contributed by atoms with van der Waals surface area (Å²) in [5.74, 6) is -3.01. The van der Waals surface area contributed by atoms with E-state index in [9.17, 15) is 24.0 Å². The molecule has 0 aromatic heterocycles. The highest BCUT2D eigenvalue weighted by Crippen LogP contribution is 2.27. The molecule has 1 heterocycles. The first-order valence-corrected chi connectivity index (χ1v) is 8.73. The van der Waals surface area contributed by atoms with Crippen LogP contribution in [0, 0.1) is 5.92 Å². The molecule has 1 aromatic rings. The predicted molar refractivity (Wildman–Crippen MR) is 96.3 cm³/mol. The van der Waals surface area contributed by atoms with Crippen molar-refractivity contribution in [1.29, 1.82) is 0 Å². The van der Waals surface area contributed by atoms with E-state index in [1.165, 1.54) is 19.1 Å². The number of alkyl carbamates (subject to hydrolysis) is 1. The van der Waals surface area contributed by atoms with Gasteiger partial charge in [0.25, 0.3) is 17.7 Å². The van der Waals surface area contributed by atoms with Crippen LogP contribution in [0.3, 0.4) is 0 Å². The smallest absolute Gasteiger partial charge is 0.413 e. The number of ether oxygens (including phenoxy) is 2. The molecule has 1 aromatic carbocycles. The molecular formula is C19H22N2O7. The van der Waals surface area contributed by atoms with Crippen LogP contribution in [0.1, 0.15) is 47.9 Å². The number of fused-ring (bicyclic) bond motifs is 1. The number of amides is 4. The maximum Gasteiger partial charge on any atom is 0.413 e. The van der Waals surface area contributed by atoms with Gasteiger partial charge in [0, 0.05) is 0 Å². The van der Waals surface area contributed by atoms with Gasteiger partial charge in [-0.05, 0) is 31.4 Å². The third-order valence-corrected chi connectivity index (χ3v) is 4.18. The number of hydrogen-bond donors (Lipinski definition) is 1. The molecule has 0 fully saturated rings. The van der Waals surface area contributed by atoms with Crippen molar-refractivity contribution in [2.75, 3.05) is 7.11 Å². The van der Waals surface area contributed by atoms with Crippen molar-refractivity contribution < 1.29 is 33.4 Å². The molecule has 2 rings (SSSR count). The van der Waals surface area contributed by atoms with Crippen molar-refractivity contribution in [3.8, 4) is 0 Å². The number of rotatable bonds is 6. The minimum Gasteiger partial charge on any atom is -0.453 e. The molecule has 4 amide bonds. The van der Waals surface area contributed by atoms with Gasteiger partial charge in [-0.1, -0.05) is 26.0 Å². The molecule has 0 saturated carbocycles. The van der Waals surface area contributed by atoms with E-state index in [1.807, 2.05) is 19.2 Å². The molecule has 9 nitrogen and oxygen atoms in total. The Kier molecular flexibility index (Phi) is 6.50. The third-order valence-electron chi connectivity index (χ3n) is 4.18. The van der Waals surface area contributed by atoms with Gasteiger partial charge in [-0.2, -0.15) is 0 Å². The average molecular weight is 390 g/mol. The fraction of sp³-hybridized carbons (Fsp3) is 0.421. The van der Waals surface area contributed by atoms with Gasteiger partial charge in [0.1, 0.15) is 6.04 Å². The Balaban J connectivity index is 2.21. The van der Waals surface area contributed by atoms with Crippen molar-refractivity contribution in [2.45, 2.75) is 39.3 Å². The van der Waals surface area contributed by atoms with Crippen molar-refractivity contribution in [3.63, 3.8) is 0 Å². The zero-order valence-electron chi connectivity index (χ0n) is 16.1. The molecule has 150 valence electrons. The topological polar surface area (TPSA) is 119 Å². The van der Waals surface area contributed by atoms with E-state index in [0.717, 1.165) is 12.0 Å². The first-order valence-electron chi connectivity index (χ1n) is 8.73. The second-order valence-electron chi connectivity index (χ2n) is 6.73. The van der Waals surface area contributed by atoms with E-state index < -0.39 is 41.9 Å². The summed E-state index contributed by atoms with van der Waals surface area (Å²) < 4.78 is 9.44. The highest BCUT2D eigenvalue weighted by molar-refractivity contribution is 6.22. The lowest BCUT2D eigenvalue weighted by molar-refractivity contribution is -0.158. The first kappa shape index (κ1) is 21.1. The van der Waals surface area contributed by atoms with Crippen LogP contribution >= 0.6 is 0 Å². The standard InChI is InChI=1S/C19H22N2O7/c1-10(2)9-14(18(25)28-11(3)15(22)20-19(26)27-4)21-16(23)12-7-5-6-8-13(12)17(21)24/h5-8,10-11,14H,9H2,1-4H3,(H,20,22,26)/t11-,14+/m1/s1. The summed E-state index contributed by atoms with van der Waals surface area (Å²) in [4.78, 5) is 62.0. The fourth-order valence-corrected chi connectivity index (χ4v) is 2.80. The second-order valence-corrected chi connectivity index (χ2v) is 6.73. The van der Waals surface area contributed by atoms with Crippen LogP contribution in [-0.2, 0) is 19.1 Å². The lowest BCUT2D eigenvalue weighted by Gasteiger charge is -2.27. The number of esters is 1. The SMILES string of the molecule is COC(=O)NC(=O)[C@@H](C)OC(=O)[C@H](CC(C)C)N1C(=O)c2ccccc2C1=O. The predicted octanol–water partition coefficient (Wildman–Crippen LogP) is 1.51. The number of nitrogens with zero attached hydrogens (tertiary/aromatic N) is 1. The highest BCUT2D eigenvalue weighted by atomic mass is 16.6. The van der Waals surface area contributed by atoms with Gasteiger partial charge >= 0.3 is 12.1 Å². The number of methoxy groups -OCH3 is 1. The average Bonchev–Trinajstić information content (AvgIpc) is 2.90. The van der Waals surface area contributed by atoms with Crippen LogP contribution in [0.5, 0.6) is 0 Å². The van der Waals surface area contributed by atoms with E-state index >= 15 is 0 Å². The number of nitrogens with one attached hydrogen (secondary N) is 1. The molecule has 0 saturated heterocycles. The maximum absolute atomic E-state index is 12.7. The molecule has 0 aliphatic carbocycles. The van der Waals surface area contributed by atoms with Crippen LogP contribution in [0.4, 0.5) is 4.79 Å². The maximum atomic E-state index is 12.7. The second kappa shape index (κ2) is 8.64. The van der Waals surface area contributed by atoms with E-state index in [1.54, 1.807) is 12.1 Å². The lowest BCUT2D eigenvalue weighted by atomic mass is 10.0. The Hall–Kier alpha value is -3.23. The Morgan fingerprint density at radius 2 is 1.57 bits per heavy atom. The molecule has 28 heavy (non-hydrogen) atoms. The van der Waals surface area contributed by atoms with E-state index in [2.05, 4.69) is 4.74 Å². The van der Waals surface area contributed by atoms with Crippen molar-refractivity contribution in [1.82, 2.24) is 10.2 Å². The Bertz CT molecular complexity index is 783. The number of imide groups is 2. The Morgan fingerprint density at radius 1 is 1.04 bits per heavy atom. The Morgan fingerprint density at radius 3 is 2.04 bits per heavy atom. The minimum absolute atomic E-state index is 0.0407. The summed E-state index contributed by atoms with van der Waals surface area (Å²) in [6.07, 6.45) is -2.15. The number of carbonyl (C=O) groups excluding carboxylic acids is 5. The summed E-state index contributed by atoms with van der Waals surface area (Å²) in [7, 11) is 1.08. The van der Waals surface area contributed by atoms with Gasteiger partial charge < -0.3 is 9.47 Å². The van der Waals surface area contributed by atoms with Gasteiger partial charge in [-0.3, -0.25) is 24.6 Å². The number of benzene rings is 1. The van der Waals surface area contributed by atoms with Gasteiger partial charge in [-0.25, -0.2) is 9.59 Å². The van der Waals surface area contributed by atoms with E-state index in [-0.39, 0.29) is 23.5 Å². The van der Waals surface area contributed by atoms with Crippen LogP contribution in [0.15, 0.2) is 24.3 Å². The summed E-state index contributed by atoms with van der Waals surface area (Å²) >= 11 is 0. The number of hydrogen-bond acceptors (Lipinski definition) is 7. The number of carbonyl (C=O) groups is 5. The van der Waals surface area contributed by atoms with Gasteiger partial charge in [0.15, 0.2) is 6.10 Å². The molecule has 0 bridgehead atoms. The zero-order valence-corrected chi connectivity index (χ0v) is 16.1. The van der Waals surface area contributed by atoms with Crippen LogP contribution in [0.2, 0.25) is 0 Å². The van der Waals surface area contributed by atoms with Crippen molar-refractivity contribution in [3.05, 3.63) is 35.4 Å². The normalized spacial score (nSPS) is 15.1. The molecule has 2 atom stereocenters. The van der Waals surface area contributed by atoms with Gasteiger partial charge in [0.2, 0.25) is 0 Å². The molecule has 0 unspecified atom stereocenters. The molecule has 0 radical (unpaired) electrons. The van der Waals surface area contributed by atoms with Crippen LogP contribution < -0.4 is 5.32 Å². The molecular weight excluding hydrogens is 368 g/mol. The van der Waals surface area contributed by atoms with Crippen LogP contribution in [0.25, 0.3) is 0 Å². The van der Waals surface area contributed by atoms with Gasteiger partial charge in [-0.15, -0.1) is 0 Å². The summed E-state index contributed by atoms with van der Waals surface area (Å²) in [6.45, 7) is 4.92. The molecule has 0 spiro atoms. The van der Waals surface area contributed by atoms with E-state index in [4.69, 9.17) is 4.74 Å². The highest BCUT2D eigenvalue weighted by Gasteiger charge is 2.44. The van der Waals surface area contributed by atoms with Crippen LogP contribution in [-0.4, -0.2) is 53.9 Å².